The van der Waals surface area contributed by atoms with Gasteiger partial charge in [-0.1, -0.05) is 44.5 Å². The van der Waals surface area contributed by atoms with Gasteiger partial charge >= 0.3 is 0 Å². The molecule has 0 bridgehead atoms. The van der Waals surface area contributed by atoms with Crippen molar-refractivity contribution in [3.8, 4) is 0 Å². The molecule has 178 valence electrons. The highest BCUT2D eigenvalue weighted by molar-refractivity contribution is 7.10. The average molecular weight is 468 g/mol. The number of likely N-dealkylation sites (tertiary alicyclic amines) is 1. The second-order valence-electron chi connectivity index (χ2n) is 9.90. The van der Waals surface area contributed by atoms with Crippen LogP contribution in [-0.4, -0.2) is 53.8 Å². The van der Waals surface area contributed by atoms with E-state index >= 15 is 0 Å². The zero-order valence-corrected chi connectivity index (χ0v) is 20.9. The van der Waals surface area contributed by atoms with Gasteiger partial charge in [0.2, 0.25) is 5.91 Å². The average Bonchev–Trinajstić information content (AvgIpc) is 3.33. The Morgan fingerprint density at radius 2 is 2.00 bits per heavy atom. The lowest BCUT2D eigenvalue weighted by Gasteiger charge is -2.42. The number of piperidine rings is 1. The van der Waals surface area contributed by atoms with Gasteiger partial charge in [-0.05, 0) is 61.7 Å². The van der Waals surface area contributed by atoms with Crippen molar-refractivity contribution in [1.29, 1.82) is 0 Å². The Balaban J connectivity index is 1.54. The minimum Gasteiger partial charge on any atom is -0.355 e. The van der Waals surface area contributed by atoms with Crippen LogP contribution in [-0.2, 0) is 4.79 Å². The van der Waals surface area contributed by atoms with E-state index in [0.29, 0.717) is 30.6 Å². The van der Waals surface area contributed by atoms with E-state index in [0.717, 1.165) is 30.0 Å². The molecule has 3 atom stereocenters. The number of hydrogen-bond acceptors (Lipinski definition) is 4. The Morgan fingerprint density at radius 3 is 2.73 bits per heavy atom. The highest BCUT2D eigenvalue weighted by Crippen LogP contribution is 2.44. The van der Waals surface area contributed by atoms with E-state index in [1.54, 1.807) is 11.3 Å². The predicted octanol–water partition coefficient (Wildman–Crippen LogP) is 5.07. The van der Waals surface area contributed by atoms with Crippen molar-refractivity contribution in [3.05, 3.63) is 57.8 Å². The van der Waals surface area contributed by atoms with E-state index in [1.165, 1.54) is 19.3 Å². The number of thiophene rings is 1. The second-order valence-corrected chi connectivity index (χ2v) is 10.9. The third-order valence-electron chi connectivity index (χ3n) is 6.98. The third kappa shape index (κ3) is 5.33. The molecule has 0 spiro atoms. The highest BCUT2D eigenvalue weighted by Gasteiger charge is 2.44. The molecule has 2 aliphatic rings. The van der Waals surface area contributed by atoms with Crippen LogP contribution in [0.5, 0.6) is 0 Å². The van der Waals surface area contributed by atoms with Gasteiger partial charge in [-0.3, -0.25) is 9.59 Å². The van der Waals surface area contributed by atoms with E-state index in [9.17, 15) is 9.59 Å². The Hall–Kier alpha value is -2.18. The fourth-order valence-electron chi connectivity index (χ4n) is 5.34. The van der Waals surface area contributed by atoms with E-state index in [-0.39, 0.29) is 17.9 Å². The quantitative estimate of drug-likeness (QED) is 0.552. The first-order valence-corrected chi connectivity index (χ1v) is 13.3. The SMILES string of the molecule is CC(C)CN1C(=O)c2ccccc2[C@H](C(=O)NCCCN2CCCC[C@@H]2C)[C@H]1c1cccs1. The monoisotopic (exact) mass is 467 g/mol. The Labute approximate surface area is 202 Å². The summed E-state index contributed by atoms with van der Waals surface area (Å²) in [5, 5.41) is 5.26. The Kier molecular flexibility index (Phi) is 7.86. The van der Waals surface area contributed by atoms with Crippen LogP contribution in [0.15, 0.2) is 41.8 Å². The van der Waals surface area contributed by atoms with Gasteiger partial charge in [-0.25, -0.2) is 0 Å². The zero-order valence-electron chi connectivity index (χ0n) is 20.1. The molecule has 2 aromatic rings. The van der Waals surface area contributed by atoms with E-state index in [4.69, 9.17) is 0 Å². The van der Waals surface area contributed by atoms with Crippen LogP contribution in [0, 0.1) is 5.92 Å². The van der Waals surface area contributed by atoms with E-state index in [1.807, 2.05) is 40.6 Å². The Bertz CT molecular complexity index is 943. The number of fused-ring (bicyclic) bond motifs is 1. The molecule has 0 saturated carbocycles. The summed E-state index contributed by atoms with van der Waals surface area (Å²) in [4.78, 5) is 32.7. The molecule has 2 aliphatic heterocycles. The summed E-state index contributed by atoms with van der Waals surface area (Å²) < 4.78 is 0. The van der Waals surface area contributed by atoms with Gasteiger partial charge in [0.05, 0.1) is 12.0 Å². The largest absolute Gasteiger partial charge is 0.355 e. The van der Waals surface area contributed by atoms with Gasteiger partial charge in [0.1, 0.15) is 0 Å². The number of nitrogens with one attached hydrogen (secondary N) is 1. The highest BCUT2D eigenvalue weighted by atomic mass is 32.1. The molecule has 4 rings (SSSR count). The summed E-state index contributed by atoms with van der Waals surface area (Å²) in [5.41, 5.74) is 1.51. The normalized spacial score (nSPS) is 23.6. The molecule has 0 radical (unpaired) electrons. The maximum atomic E-state index is 13.7. The molecule has 1 aromatic heterocycles. The van der Waals surface area contributed by atoms with Gasteiger partial charge in [0, 0.05) is 36.1 Å². The summed E-state index contributed by atoms with van der Waals surface area (Å²) in [5.74, 6) is -0.0308. The molecule has 33 heavy (non-hydrogen) atoms. The van der Waals surface area contributed by atoms with Crippen LogP contribution in [0.25, 0.3) is 0 Å². The number of amides is 2. The number of carbonyl (C=O) groups excluding carboxylic acids is 2. The van der Waals surface area contributed by atoms with Crippen molar-refractivity contribution >= 4 is 23.2 Å². The van der Waals surface area contributed by atoms with E-state index in [2.05, 4.69) is 37.1 Å². The van der Waals surface area contributed by atoms with Gasteiger partial charge in [0.25, 0.3) is 5.91 Å². The number of carbonyl (C=O) groups is 2. The molecular formula is C27H37N3O2S. The van der Waals surface area contributed by atoms with Crippen molar-refractivity contribution in [3.63, 3.8) is 0 Å². The number of hydrogen-bond donors (Lipinski definition) is 1. The molecular weight excluding hydrogens is 430 g/mol. The number of benzene rings is 1. The third-order valence-corrected chi connectivity index (χ3v) is 7.92. The van der Waals surface area contributed by atoms with Crippen LogP contribution in [0.4, 0.5) is 0 Å². The minimum absolute atomic E-state index is 0.0220. The number of nitrogens with zero attached hydrogens (tertiary/aromatic N) is 2. The number of rotatable bonds is 8. The van der Waals surface area contributed by atoms with Crippen molar-refractivity contribution in [2.45, 2.75) is 64.5 Å². The summed E-state index contributed by atoms with van der Waals surface area (Å²) in [6, 6.07) is 12.1. The summed E-state index contributed by atoms with van der Waals surface area (Å²) in [7, 11) is 0. The fraction of sp³-hybridized carbons (Fsp3) is 0.556. The topological polar surface area (TPSA) is 52.7 Å². The van der Waals surface area contributed by atoms with Gasteiger partial charge in [0.15, 0.2) is 0 Å². The van der Waals surface area contributed by atoms with Crippen molar-refractivity contribution < 1.29 is 9.59 Å². The van der Waals surface area contributed by atoms with Crippen LogP contribution in [0.1, 0.15) is 79.2 Å². The molecule has 1 aromatic carbocycles. The molecule has 5 nitrogen and oxygen atoms in total. The van der Waals surface area contributed by atoms with Crippen LogP contribution >= 0.6 is 11.3 Å². The molecule has 2 amide bonds. The molecule has 0 unspecified atom stereocenters. The van der Waals surface area contributed by atoms with Gasteiger partial charge < -0.3 is 15.1 Å². The fourth-order valence-corrected chi connectivity index (χ4v) is 6.21. The van der Waals surface area contributed by atoms with E-state index < -0.39 is 5.92 Å². The minimum atomic E-state index is -0.398. The second kappa shape index (κ2) is 10.8. The van der Waals surface area contributed by atoms with Crippen molar-refractivity contribution in [2.75, 3.05) is 26.2 Å². The molecule has 3 heterocycles. The first-order valence-electron chi connectivity index (χ1n) is 12.4. The first kappa shape index (κ1) is 24.0. The Morgan fingerprint density at radius 1 is 1.18 bits per heavy atom. The molecule has 6 heteroatoms. The lowest BCUT2D eigenvalue weighted by atomic mass is 9.81. The standard InChI is InChI=1S/C27H37N3O2S/c1-19(2)18-30-25(23-13-8-17-33-23)24(21-11-4-5-12-22(21)27(30)32)26(31)28-14-9-16-29-15-7-6-10-20(29)3/h4-5,8,11-13,17,19-20,24-25H,6-7,9-10,14-16,18H2,1-3H3,(H,28,31)/t20-,24-,25+/m0/s1. The maximum absolute atomic E-state index is 13.7. The van der Waals surface area contributed by atoms with Crippen LogP contribution in [0.2, 0.25) is 0 Å². The smallest absolute Gasteiger partial charge is 0.254 e. The van der Waals surface area contributed by atoms with Crippen molar-refractivity contribution in [2.24, 2.45) is 5.92 Å². The van der Waals surface area contributed by atoms with Crippen LogP contribution < -0.4 is 5.32 Å². The summed E-state index contributed by atoms with van der Waals surface area (Å²) >= 11 is 1.62. The van der Waals surface area contributed by atoms with Crippen LogP contribution in [0.3, 0.4) is 0 Å². The van der Waals surface area contributed by atoms with Gasteiger partial charge in [-0.15, -0.1) is 11.3 Å². The predicted molar refractivity (Wildman–Crippen MR) is 135 cm³/mol. The molecule has 1 N–H and O–H groups in total. The van der Waals surface area contributed by atoms with Gasteiger partial charge in [-0.2, -0.15) is 0 Å². The molecule has 1 saturated heterocycles. The lowest BCUT2D eigenvalue weighted by Crippen LogP contribution is -2.48. The zero-order chi connectivity index (χ0) is 23.4. The summed E-state index contributed by atoms with van der Waals surface area (Å²) in [6.07, 6.45) is 4.82. The molecule has 1 fully saturated rings. The summed E-state index contributed by atoms with van der Waals surface area (Å²) in [6.45, 7) is 10.0. The molecule has 0 aliphatic carbocycles. The lowest BCUT2D eigenvalue weighted by molar-refractivity contribution is -0.124. The first-order chi connectivity index (χ1) is 16.0. The maximum Gasteiger partial charge on any atom is 0.254 e. The van der Waals surface area contributed by atoms with Crippen molar-refractivity contribution in [1.82, 2.24) is 15.1 Å².